The van der Waals surface area contributed by atoms with E-state index in [-0.39, 0.29) is 76.1 Å². The van der Waals surface area contributed by atoms with E-state index in [9.17, 15) is 43.5 Å². The molecule has 0 spiro atoms. The highest BCUT2D eigenvalue weighted by molar-refractivity contribution is 5.98. The number of carboxylic acid groups (broad SMARTS) is 1. The van der Waals surface area contributed by atoms with Crippen LogP contribution in [-0.4, -0.2) is 141 Å². The number of imidazole rings is 1. The van der Waals surface area contributed by atoms with Gasteiger partial charge in [-0.1, -0.05) is 152 Å². The van der Waals surface area contributed by atoms with E-state index >= 15 is 4.79 Å². The van der Waals surface area contributed by atoms with Crippen LogP contribution in [0.15, 0.2) is 78.3 Å². The lowest BCUT2D eigenvalue weighted by atomic mass is 10.0. The number of nitrogens with zero attached hydrogens (tertiary/aromatic N) is 2. The number of H-pyrrole nitrogens is 2. The second kappa shape index (κ2) is 43.6. The number of hydrogen-bond donors (Lipinski definition) is 13. The summed E-state index contributed by atoms with van der Waals surface area (Å²) in [5.74, 6) is -6.35. The average molecular weight is 1290 g/mol. The molecule has 24 nitrogen and oxygen atoms in total. The van der Waals surface area contributed by atoms with Gasteiger partial charge in [-0.2, -0.15) is 0 Å². The Morgan fingerprint density at radius 2 is 1.18 bits per heavy atom. The van der Waals surface area contributed by atoms with Gasteiger partial charge in [-0.3, -0.25) is 43.3 Å². The minimum Gasteiger partial charge on any atom is -0.480 e. The maximum atomic E-state index is 15.0. The minimum absolute atomic E-state index is 0.0241. The molecule has 7 atom stereocenters. The van der Waals surface area contributed by atoms with Crippen molar-refractivity contribution in [3.63, 3.8) is 0 Å². The summed E-state index contributed by atoms with van der Waals surface area (Å²) in [5, 5.41) is 34.2. The fourth-order valence-corrected chi connectivity index (χ4v) is 11.7. The van der Waals surface area contributed by atoms with Crippen LogP contribution in [0.4, 0.5) is 0 Å². The molecule has 0 bridgehead atoms. The summed E-state index contributed by atoms with van der Waals surface area (Å²) in [6.07, 6.45) is 25.2. The van der Waals surface area contributed by atoms with Crippen LogP contribution in [0, 0.1) is 0 Å². The number of carbonyl (C=O) groups excluding carboxylic acids is 8. The summed E-state index contributed by atoms with van der Waals surface area (Å²) < 4.78 is 0. The first-order chi connectivity index (χ1) is 45.0. The molecule has 1 aliphatic rings. The molecule has 93 heavy (non-hydrogen) atoms. The number of guanidine groups is 1. The third kappa shape index (κ3) is 30.0. The number of aromatic amines is 2. The van der Waals surface area contributed by atoms with Gasteiger partial charge in [0, 0.05) is 74.6 Å². The first kappa shape index (κ1) is 75.6. The molecule has 512 valence electrons. The van der Waals surface area contributed by atoms with Crippen molar-refractivity contribution in [2.45, 2.75) is 249 Å². The van der Waals surface area contributed by atoms with Gasteiger partial charge in [-0.15, -0.1) is 0 Å². The van der Waals surface area contributed by atoms with E-state index in [1.807, 2.05) is 31.2 Å². The Morgan fingerprint density at radius 3 is 1.81 bits per heavy atom. The molecule has 0 saturated carbocycles. The first-order valence-electron chi connectivity index (χ1n) is 34.2. The van der Waals surface area contributed by atoms with Crippen molar-refractivity contribution in [1.29, 1.82) is 0 Å². The van der Waals surface area contributed by atoms with Gasteiger partial charge >= 0.3 is 5.97 Å². The average Bonchev–Trinajstić information content (AvgIpc) is 1.95. The first-order valence-corrected chi connectivity index (χ1v) is 34.2. The predicted octanol–water partition coefficient (Wildman–Crippen LogP) is 6.42. The third-order valence-corrected chi connectivity index (χ3v) is 17.0. The molecule has 7 amide bonds. The SMILES string of the molecule is CCCCC(NC(C)=O)C(=O)NC1CCCC(=O)CCCCCCCCCCCCCCCCCNCCCCC(C(=O)O)NC(=O)C(Cc2c[nH]c3ccccc23)NC(=O)C(CCCN=C(N)N)NC(=O)C(Cc2ccccc2)NC(=O)C(Cc2cnc[nH]2)NC1=O. The van der Waals surface area contributed by atoms with Crippen molar-refractivity contribution in [3.05, 3.63) is 90.1 Å². The molecule has 15 N–H and O–H groups in total. The largest absolute Gasteiger partial charge is 0.480 e. The van der Waals surface area contributed by atoms with Gasteiger partial charge in [-0.05, 0) is 94.5 Å². The van der Waals surface area contributed by atoms with Crippen molar-refractivity contribution < 1.29 is 48.3 Å². The van der Waals surface area contributed by atoms with Crippen molar-refractivity contribution in [2.75, 3.05) is 19.6 Å². The second-order valence-electron chi connectivity index (χ2n) is 24.8. The molecule has 4 aromatic rings. The van der Waals surface area contributed by atoms with Gasteiger partial charge in [0.05, 0.1) is 6.33 Å². The van der Waals surface area contributed by atoms with E-state index < -0.39 is 89.6 Å². The minimum atomic E-state index is -1.40. The summed E-state index contributed by atoms with van der Waals surface area (Å²) in [6.45, 7) is 4.86. The fraction of sp³-hybridized carbons (Fsp3) is 0.609. The number of hydrogen-bond acceptors (Lipinski definition) is 12. The Labute approximate surface area is 548 Å². The van der Waals surface area contributed by atoms with Crippen LogP contribution in [0.5, 0.6) is 0 Å². The number of para-hydroxylation sites is 1. The number of unbranched alkanes of at least 4 members (excludes halogenated alkanes) is 1. The van der Waals surface area contributed by atoms with Crippen molar-refractivity contribution in [1.82, 2.24) is 57.5 Å². The van der Waals surface area contributed by atoms with Gasteiger partial charge in [0.1, 0.15) is 48.1 Å². The van der Waals surface area contributed by atoms with Crippen LogP contribution in [0.25, 0.3) is 10.9 Å². The normalized spacial score (nSPS) is 22.0. The summed E-state index contributed by atoms with van der Waals surface area (Å²) in [4.78, 5) is 141. The number of nitrogens with one attached hydrogen (secondary N) is 10. The molecule has 5 rings (SSSR count). The zero-order chi connectivity index (χ0) is 67.0. The highest BCUT2D eigenvalue weighted by Crippen LogP contribution is 2.21. The molecular weight excluding hydrogens is 1180 g/mol. The summed E-state index contributed by atoms with van der Waals surface area (Å²) in [6, 6.07) is 7.18. The van der Waals surface area contributed by atoms with Gasteiger partial charge in [0.15, 0.2) is 5.96 Å². The van der Waals surface area contributed by atoms with E-state index in [1.54, 1.807) is 36.5 Å². The van der Waals surface area contributed by atoms with Gasteiger partial charge in [0.2, 0.25) is 41.4 Å². The van der Waals surface area contributed by atoms with Crippen LogP contribution in [0.2, 0.25) is 0 Å². The Kier molecular flexibility index (Phi) is 35.5. The standard InChI is InChI=1S/C69H106N14O10/c1-3-4-34-55(77-48(2)84)62(86)78-56-37-27-32-52(85)31-21-16-14-12-10-8-6-5-7-9-11-13-15-17-25-39-72-40-26-24-36-58(68(92)93)80-66(90)60(43-50-45-75-54-35-23-22-33-53(50)54)82-64(88)57(38-28-41-74-69(70)71)79-65(89)59(42-49-29-19-18-20-30-49)81-67(91)61(83-63(56)87)44-51-46-73-47-76-51/h18-20,22-23,29-30,33,35,45-47,55-61,72,75H,3-17,21,24-28,31-32,34,36-44H2,1-2H3,(H,73,76)(H,77,84)(H,78,86)(H,79,89)(H,80,90)(H,81,91)(H,82,88)(H,83,87)(H,92,93)(H4,70,71,74). The molecule has 2 aromatic heterocycles. The number of rotatable bonds is 17. The van der Waals surface area contributed by atoms with E-state index in [4.69, 9.17) is 11.5 Å². The maximum Gasteiger partial charge on any atom is 0.326 e. The summed E-state index contributed by atoms with van der Waals surface area (Å²) in [5.41, 5.74) is 13.8. The monoisotopic (exact) mass is 1290 g/mol. The van der Waals surface area contributed by atoms with E-state index in [0.29, 0.717) is 55.5 Å². The number of carbonyl (C=O) groups is 9. The highest BCUT2D eigenvalue weighted by atomic mass is 16.4. The van der Waals surface area contributed by atoms with Gasteiger partial charge in [-0.25, -0.2) is 9.78 Å². The molecule has 0 radical (unpaired) electrons. The van der Waals surface area contributed by atoms with Gasteiger partial charge in [0.25, 0.3) is 0 Å². The molecule has 2 aromatic carbocycles. The molecular formula is C69H106N14O10. The van der Waals surface area contributed by atoms with Crippen molar-refractivity contribution in [2.24, 2.45) is 16.5 Å². The van der Waals surface area contributed by atoms with Crippen LogP contribution >= 0.6 is 0 Å². The number of aromatic nitrogens is 3. The highest BCUT2D eigenvalue weighted by Gasteiger charge is 2.35. The Bertz CT molecular complexity index is 2930. The number of amides is 7. The zero-order valence-electron chi connectivity index (χ0n) is 55.0. The molecule has 1 saturated heterocycles. The lowest BCUT2D eigenvalue weighted by Crippen LogP contribution is -2.60. The lowest BCUT2D eigenvalue weighted by Gasteiger charge is -2.28. The maximum absolute atomic E-state index is 15.0. The van der Waals surface area contributed by atoms with Gasteiger partial charge < -0.3 is 69.1 Å². The molecule has 3 heterocycles. The van der Waals surface area contributed by atoms with E-state index in [0.717, 1.165) is 62.4 Å². The smallest absolute Gasteiger partial charge is 0.326 e. The topological polar surface area (TPSA) is 379 Å². The molecule has 0 aliphatic carbocycles. The number of benzene rings is 2. The third-order valence-electron chi connectivity index (χ3n) is 17.0. The second-order valence-corrected chi connectivity index (χ2v) is 24.8. The number of aliphatic carboxylic acids is 1. The predicted molar refractivity (Wildman–Crippen MR) is 360 cm³/mol. The number of Topliss-reactive ketones (excluding diaryl/α,β-unsaturated/α-hetero) is 1. The zero-order valence-corrected chi connectivity index (χ0v) is 55.0. The van der Waals surface area contributed by atoms with Crippen molar-refractivity contribution >= 4 is 70.0 Å². The van der Waals surface area contributed by atoms with Crippen LogP contribution in [0.3, 0.4) is 0 Å². The fourth-order valence-electron chi connectivity index (χ4n) is 11.7. The number of fused-ring (bicyclic) bond motifs is 1. The Balaban J connectivity index is 1.46. The molecule has 24 heteroatoms. The Hall–Kier alpha value is -8.15. The molecule has 1 fully saturated rings. The van der Waals surface area contributed by atoms with Crippen molar-refractivity contribution in [3.8, 4) is 0 Å². The quantitative estimate of drug-likeness (QED) is 0.0308. The Morgan fingerprint density at radius 1 is 0.624 bits per heavy atom. The van der Waals surface area contributed by atoms with E-state index in [2.05, 4.69) is 62.5 Å². The summed E-state index contributed by atoms with van der Waals surface area (Å²) in [7, 11) is 0. The van der Waals surface area contributed by atoms with Crippen LogP contribution in [0.1, 0.15) is 204 Å². The number of nitrogens with two attached hydrogens (primary N) is 2. The van der Waals surface area contributed by atoms with Crippen LogP contribution < -0.4 is 54.0 Å². The molecule has 1 aliphatic heterocycles. The number of aliphatic imine (C=N–C) groups is 1. The number of carboxylic acids is 1. The van der Waals surface area contributed by atoms with Crippen LogP contribution in [-0.2, 0) is 62.4 Å². The number of ketones is 1. The van der Waals surface area contributed by atoms with E-state index in [1.165, 1.54) is 77.2 Å². The lowest BCUT2D eigenvalue weighted by molar-refractivity contribution is -0.142. The molecule has 7 unspecified atom stereocenters. The summed E-state index contributed by atoms with van der Waals surface area (Å²) >= 11 is 0.